The Morgan fingerprint density at radius 3 is 2.22 bits per heavy atom. The highest BCUT2D eigenvalue weighted by Crippen LogP contribution is 2.24. The number of amides is 1. The van der Waals surface area contributed by atoms with Crippen LogP contribution in [0, 0.1) is 0 Å². The molecule has 0 atom stereocenters. The summed E-state index contributed by atoms with van der Waals surface area (Å²) in [6.07, 6.45) is 0. The lowest BCUT2D eigenvalue weighted by Gasteiger charge is -2.22. The molecule has 0 heterocycles. The van der Waals surface area contributed by atoms with Crippen molar-refractivity contribution in [2.75, 3.05) is 18.4 Å². The molecule has 0 saturated carbocycles. The molecule has 6 heteroatoms. The molecule has 0 aliphatic carbocycles. The van der Waals surface area contributed by atoms with Gasteiger partial charge in [0.15, 0.2) is 0 Å². The fraction of sp³-hybridized carbons (Fsp3) is 0.115. The van der Waals surface area contributed by atoms with Gasteiger partial charge in [-0.05, 0) is 46.7 Å². The van der Waals surface area contributed by atoms with E-state index >= 15 is 0 Å². The van der Waals surface area contributed by atoms with Crippen LogP contribution in [-0.2, 0) is 16.6 Å². The Morgan fingerprint density at radius 1 is 0.781 bits per heavy atom. The molecule has 0 bridgehead atoms. The van der Waals surface area contributed by atoms with Crippen molar-refractivity contribution in [1.29, 1.82) is 0 Å². The number of carbonyl (C=O) groups is 1. The van der Waals surface area contributed by atoms with Crippen LogP contribution in [-0.4, -0.2) is 33.3 Å². The highest BCUT2D eigenvalue weighted by Gasteiger charge is 2.22. The van der Waals surface area contributed by atoms with Gasteiger partial charge in [0.1, 0.15) is 0 Å². The standard InChI is InChI=1S/C26H24N2O3S/c1-27(19-22-13-8-11-20-10-6-7-17-25(20)22)26(29)21-12-9-14-23(18-21)28(2)32(30,31)24-15-4-3-5-16-24/h3-18H,19H2,1-2H3. The minimum Gasteiger partial charge on any atom is -0.337 e. The van der Waals surface area contributed by atoms with Crippen molar-refractivity contribution in [2.24, 2.45) is 0 Å². The maximum Gasteiger partial charge on any atom is 0.264 e. The Hall–Kier alpha value is -3.64. The summed E-state index contributed by atoms with van der Waals surface area (Å²) in [5, 5.41) is 2.23. The molecule has 0 N–H and O–H groups in total. The van der Waals surface area contributed by atoms with Crippen LogP contribution in [0.15, 0.2) is 102 Å². The lowest BCUT2D eigenvalue weighted by molar-refractivity contribution is 0.0785. The van der Waals surface area contributed by atoms with Gasteiger partial charge >= 0.3 is 0 Å². The Labute approximate surface area is 188 Å². The van der Waals surface area contributed by atoms with Gasteiger partial charge in [0.2, 0.25) is 0 Å². The van der Waals surface area contributed by atoms with Crippen LogP contribution in [0.5, 0.6) is 0 Å². The Bertz CT molecular complexity index is 1360. The first-order valence-electron chi connectivity index (χ1n) is 10.2. The summed E-state index contributed by atoms with van der Waals surface area (Å²) >= 11 is 0. The van der Waals surface area contributed by atoms with Gasteiger partial charge in [-0.1, -0.05) is 66.7 Å². The predicted octanol–water partition coefficient (Wildman–Crippen LogP) is 4.94. The van der Waals surface area contributed by atoms with Gasteiger partial charge in [0.25, 0.3) is 15.9 Å². The van der Waals surface area contributed by atoms with E-state index in [0.29, 0.717) is 17.8 Å². The zero-order valence-corrected chi connectivity index (χ0v) is 18.8. The van der Waals surface area contributed by atoms with E-state index in [1.807, 2.05) is 42.5 Å². The average molecular weight is 445 g/mol. The summed E-state index contributed by atoms with van der Waals surface area (Å²) in [5.74, 6) is -0.176. The predicted molar refractivity (Wildman–Crippen MR) is 128 cm³/mol. The number of nitrogens with zero attached hydrogens (tertiary/aromatic N) is 2. The van der Waals surface area contributed by atoms with Crippen LogP contribution in [0.25, 0.3) is 10.8 Å². The summed E-state index contributed by atoms with van der Waals surface area (Å²) in [5.41, 5.74) is 1.91. The van der Waals surface area contributed by atoms with Crippen LogP contribution < -0.4 is 4.31 Å². The number of benzene rings is 4. The molecule has 5 nitrogen and oxygen atoms in total. The smallest absolute Gasteiger partial charge is 0.264 e. The van der Waals surface area contributed by atoms with Gasteiger partial charge in [-0.3, -0.25) is 9.10 Å². The highest BCUT2D eigenvalue weighted by atomic mass is 32.2. The molecule has 0 aliphatic rings. The fourth-order valence-corrected chi connectivity index (χ4v) is 4.91. The van der Waals surface area contributed by atoms with E-state index < -0.39 is 10.0 Å². The van der Waals surface area contributed by atoms with E-state index in [1.165, 1.54) is 11.4 Å². The molecule has 0 spiro atoms. The van der Waals surface area contributed by atoms with Crippen molar-refractivity contribution in [1.82, 2.24) is 4.90 Å². The third-order valence-electron chi connectivity index (χ3n) is 5.49. The van der Waals surface area contributed by atoms with Crippen LogP contribution in [0.1, 0.15) is 15.9 Å². The first-order chi connectivity index (χ1) is 15.4. The zero-order chi connectivity index (χ0) is 22.7. The molecule has 1 amide bonds. The van der Waals surface area contributed by atoms with Crippen molar-refractivity contribution < 1.29 is 13.2 Å². The van der Waals surface area contributed by atoms with Gasteiger partial charge in [-0.15, -0.1) is 0 Å². The van der Waals surface area contributed by atoms with Gasteiger partial charge in [-0.2, -0.15) is 0 Å². The first kappa shape index (κ1) is 21.6. The molecule has 0 unspecified atom stereocenters. The van der Waals surface area contributed by atoms with Crippen LogP contribution >= 0.6 is 0 Å². The molecule has 0 fully saturated rings. The normalized spacial score (nSPS) is 11.3. The third kappa shape index (κ3) is 4.22. The summed E-state index contributed by atoms with van der Waals surface area (Å²) in [6, 6.07) is 29.1. The second kappa shape index (κ2) is 8.85. The van der Waals surface area contributed by atoms with Crippen molar-refractivity contribution in [3.8, 4) is 0 Å². The van der Waals surface area contributed by atoms with E-state index in [0.717, 1.165) is 16.3 Å². The van der Waals surface area contributed by atoms with Crippen LogP contribution in [0.3, 0.4) is 0 Å². The lowest BCUT2D eigenvalue weighted by atomic mass is 10.0. The lowest BCUT2D eigenvalue weighted by Crippen LogP contribution is -2.28. The average Bonchev–Trinajstić information content (AvgIpc) is 2.84. The van der Waals surface area contributed by atoms with Gasteiger partial charge in [-0.25, -0.2) is 8.42 Å². The minimum absolute atomic E-state index is 0.176. The first-order valence-corrected chi connectivity index (χ1v) is 11.7. The number of rotatable bonds is 6. The zero-order valence-electron chi connectivity index (χ0n) is 18.0. The number of fused-ring (bicyclic) bond motifs is 1. The number of sulfonamides is 1. The number of anilines is 1. The molecular formula is C26H24N2O3S. The SMILES string of the molecule is CN(Cc1cccc2ccccc12)C(=O)c1cccc(N(C)S(=O)(=O)c2ccccc2)c1. The number of carbonyl (C=O) groups excluding carboxylic acids is 1. The summed E-state index contributed by atoms with van der Waals surface area (Å²) in [7, 11) is -0.476. The molecule has 0 saturated heterocycles. The van der Waals surface area contributed by atoms with E-state index in [2.05, 4.69) is 0 Å². The number of hydrogen-bond acceptors (Lipinski definition) is 3. The van der Waals surface area contributed by atoms with Gasteiger partial charge in [0, 0.05) is 26.2 Å². The molecule has 0 radical (unpaired) electrons. The molecular weight excluding hydrogens is 420 g/mol. The van der Waals surface area contributed by atoms with Crippen LogP contribution in [0.4, 0.5) is 5.69 Å². The van der Waals surface area contributed by atoms with Crippen molar-refractivity contribution >= 4 is 32.4 Å². The van der Waals surface area contributed by atoms with Gasteiger partial charge in [0.05, 0.1) is 10.6 Å². The fourth-order valence-electron chi connectivity index (χ4n) is 3.70. The molecule has 32 heavy (non-hydrogen) atoms. The summed E-state index contributed by atoms with van der Waals surface area (Å²) < 4.78 is 27.1. The number of hydrogen-bond donors (Lipinski definition) is 0. The Balaban J connectivity index is 1.58. The molecule has 0 aliphatic heterocycles. The van der Waals surface area contributed by atoms with Gasteiger partial charge < -0.3 is 4.90 Å². The molecule has 162 valence electrons. The minimum atomic E-state index is -3.72. The van der Waals surface area contributed by atoms with E-state index in [4.69, 9.17) is 0 Å². The maximum atomic E-state index is 13.1. The maximum absolute atomic E-state index is 13.1. The largest absolute Gasteiger partial charge is 0.337 e. The van der Waals surface area contributed by atoms with Crippen molar-refractivity contribution in [2.45, 2.75) is 11.4 Å². The third-order valence-corrected chi connectivity index (χ3v) is 7.29. The van der Waals surface area contributed by atoms with E-state index in [9.17, 15) is 13.2 Å². The monoisotopic (exact) mass is 444 g/mol. The second-order valence-corrected chi connectivity index (χ2v) is 9.60. The van der Waals surface area contributed by atoms with Crippen molar-refractivity contribution in [3.05, 3.63) is 108 Å². The molecule has 4 aromatic carbocycles. The summed E-state index contributed by atoms with van der Waals surface area (Å²) in [6.45, 7) is 0.447. The van der Waals surface area contributed by atoms with E-state index in [1.54, 1.807) is 66.5 Å². The molecule has 0 aromatic heterocycles. The quantitative estimate of drug-likeness (QED) is 0.423. The van der Waals surface area contributed by atoms with Crippen LogP contribution in [0.2, 0.25) is 0 Å². The molecule has 4 aromatic rings. The van der Waals surface area contributed by atoms with Crippen molar-refractivity contribution in [3.63, 3.8) is 0 Å². The second-order valence-electron chi connectivity index (χ2n) is 7.64. The Morgan fingerprint density at radius 2 is 1.44 bits per heavy atom. The summed E-state index contributed by atoms with van der Waals surface area (Å²) in [4.78, 5) is 15.0. The highest BCUT2D eigenvalue weighted by molar-refractivity contribution is 7.92. The topological polar surface area (TPSA) is 57.7 Å². The van der Waals surface area contributed by atoms with E-state index in [-0.39, 0.29) is 10.8 Å². The molecule has 4 rings (SSSR count). The Kier molecular flexibility index (Phi) is 5.97.